The van der Waals surface area contributed by atoms with Crippen molar-refractivity contribution >= 4 is 45.5 Å². The second kappa shape index (κ2) is 20.9. The highest BCUT2D eigenvalue weighted by molar-refractivity contribution is 5.99. The molecule has 0 bridgehead atoms. The molecule has 5 aromatic rings. The molecule has 0 aliphatic carbocycles. The number of nitrogens with one attached hydrogen (secondary N) is 1. The van der Waals surface area contributed by atoms with Gasteiger partial charge in [0.25, 0.3) is 11.5 Å². The minimum Gasteiger partial charge on any atom is -0.435 e. The SMILES string of the molecule is CC.CC(F)F.CCOC(=O)OC(C)OC(=O)[C@H](Cc1ccc(-n2c(=O)c3ccncc3n(C)c2=O)c2ncccc12)NC(=O)c1c(C)cc(N2CCOCC2)cc1F. The number of morpholine rings is 1. The van der Waals surface area contributed by atoms with E-state index in [-0.39, 0.29) is 35.2 Å². The third kappa shape index (κ3) is 11.0. The van der Waals surface area contributed by atoms with Crippen molar-refractivity contribution in [2.75, 3.05) is 37.8 Å². The normalized spacial score (nSPS) is 13.4. The van der Waals surface area contributed by atoms with E-state index in [2.05, 4.69) is 15.3 Å². The van der Waals surface area contributed by atoms with Gasteiger partial charge in [0, 0.05) is 56.9 Å². The third-order valence-corrected chi connectivity index (χ3v) is 8.85. The van der Waals surface area contributed by atoms with Crippen LogP contribution in [0.3, 0.4) is 0 Å². The van der Waals surface area contributed by atoms with Crippen LogP contribution in [-0.4, -0.2) is 88.8 Å². The highest BCUT2D eigenvalue weighted by atomic mass is 19.3. The van der Waals surface area contributed by atoms with E-state index in [9.17, 15) is 32.8 Å². The molecule has 1 amide bonds. The molecule has 1 saturated heterocycles. The molecule has 3 aromatic heterocycles. The number of ether oxygens (including phenoxy) is 4. The lowest BCUT2D eigenvalue weighted by atomic mass is 9.99. The number of fused-ring (bicyclic) bond motifs is 2. The van der Waals surface area contributed by atoms with Gasteiger partial charge in [-0.2, -0.15) is 0 Å². The van der Waals surface area contributed by atoms with E-state index in [0.29, 0.717) is 54.0 Å². The molecule has 1 N–H and O–H groups in total. The summed E-state index contributed by atoms with van der Waals surface area (Å²) in [6, 6.07) is 9.48. The van der Waals surface area contributed by atoms with Crippen LogP contribution >= 0.6 is 0 Å². The smallest absolute Gasteiger partial charge is 0.435 e. The second-order valence-electron chi connectivity index (χ2n) is 12.8. The average molecular weight is 825 g/mol. The minimum atomic E-state index is -2.17. The summed E-state index contributed by atoms with van der Waals surface area (Å²) < 4.78 is 59.2. The van der Waals surface area contributed by atoms with Gasteiger partial charge < -0.3 is 29.2 Å². The summed E-state index contributed by atoms with van der Waals surface area (Å²) in [6.45, 7) is 11.4. The van der Waals surface area contributed by atoms with Crippen molar-refractivity contribution in [3.8, 4) is 5.69 Å². The largest absolute Gasteiger partial charge is 0.511 e. The van der Waals surface area contributed by atoms with Crippen molar-refractivity contribution in [1.29, 1.82) is 0 Å². The molecular formula is C41H47F3N6O9. The van der Waals surface area contributed by atoms with E-state index in [1.54, 1.807) is 38.1 Å². The summed E-state index contributed by atoms with van der Waals surface area (Å²) in [5.74, 6) is -2.66. The molecule has 1 fully saturated rings. The zero-order valence-corrected chi connectivity index (χ0v) is 33.8. The van der Waals surface area contributed by atoms with Gasteiger partial charge in [0.15, 0.2) is 0 Å². The molecular weight excluding hydrogens is 777 g/mol. The number of pyridine rings is 2. The van der Waals surface area contributed by atoms with Crippen LogP contribution in [0.15, 0.2) is 70.6 Å². The van der Waals surface area contributed by atoms with Crippen molar-refractivity contribution in [3.63, 3.8) is 0 Å². The highest BCUT2D eigenvalue weighted by Crippen LogP contribution is 2.26. The number of nitrogens with zero attached hydrogens (tertiary/aromatic N) is 5. The number of aromatic nitrogens is 4. The Kier molecular flexibility index (Phi) is 16.1. The first-order chi connectivity index (χ1) is 28.2. The van der Waals surface area contributed by atoms with Crippen LogP contribution in [0.1, 0.15) is 56.1 Å². The van der Waals surface area contributed by atoms with Gasteiger partial charge in [-0.25, -0.2) is 32.1 Å². The van der Waals surface area contributed by atoms with Crippen LogP contribution in [0.4, 0.5) is 23.7 Å². The second-order valence-corrected chi connectivity index (χ2v) is 12.8. The van der Waals surface area contributed by atoms with Gasteiger partial charge in [0.2, 0.25) is 12.7 Å². The van der Waals surface area contributed by atoms with E-state index in [1.807, 2.05) is 18.7 Å². The van der Waals surface area contributed by atoms with Gasteiger partial charge in [-0.05, 0) is 62.2 Å². The van der Waals surface area contributed by atoms with Crippen molar-refractivity contribution in [1.82, 2.24) is 24.4 Å². The number of alkyl halides is 2. The number of hydrogen-bond acceptors (Lipinski definition) is 12. The Morgan fingerprint density at radius 2 is 1.68 bits per heavy atom. The molecule has 0 spiro atoms. The zero-order valence-electron chi connectivity index (χ0n) is 33.8. The number of esters is 1. The molecule has 6 rings (SSSR count). The summed E-state index contributed by atoms with van der Waals surface area (Å²) in [6.07, 6.45) is -0.466. The molecule has 59 heavy (non-hydrogen) atoms. The Balaban J connectivity index is 0.00000121. The first kappa shape index (κ1) is 45.4. The first-order valence-corrected chi connectivity index (χ1v) is 18.9. The Bertz CT molecular complexity index is 2370. The molecule has 18 heteroatoms. The molecule has 15 nitrogen and oxygen atoms in total. The molecule has 2 aromatic carbocycles. The van der Waals surface area contributed by atoms with Gasteiger partial charge in [-0.1, -0.05) is 26.0 Å². The number of amides is 1. The van der Waals surface area contributed by atoms with E-state index >= 15 is 4.39 Å². The van der Waals surface area contributed by atoms with Crippen molar-refractivity contribution in [2.45, 2.75) is 66.7 Å². The lowest BCUT2D eigenvalue weighted by Crippen LogP contribution is -2.45. The highest BCUT2D eigenvalue weighted by Gasteiger charge is 2.30. The van der Waals surface area contributed by atoms with E-state index in [4.69, 9.17) is 18.9 Å². The Morgan fingerprint density at radius 1 is 0.983 bits per heavy atom. The third-order valence-electron chi connectivity index (χ3n) is 8.85. The lowest BCUT2D eigenvalue weighted by molar-refractivity contribution is -0.170. The fourth-order valence-electron chi connectivity index (χ4n) is 6.30. The number of benzene rings is 2. The standard InChI is InChI=1S/C37H37FN6O9.C2H4F2.C2H6/c1-5-51-37(49)53-22(3)52-35(47)28(41-33(45)31-21(2)17-24(19-27(31)38)43-13-15-50-16-14-43)18-23-8-9-29(32-25(23)7-6-11-40-32)44-34(46)26-10-12-39-20-30(26)42(4)36(44)48;1-2(3)4;1-2/h6-12,17,19-20,22,28H,5,13-16,18H2,1-4H3,(H,41,45);2H,1H3;1-2H3/t22?,28-;;/m0../s1. The predicted octanol–water partition coefficient (Wildman–Crippen LogP) is 5.62. The lowest BCUT2D eigenvalue weighted by Gasteiger charge is -2.29. The molecule has 4 heterocycles. The maximum atomic E-state index is 15.7. The summed E-state index contributed by atoms with van der Waals surface area (Å²) in [5, 5.41) is 3.33. The van der Waals surface area contributed by atoms with Crippen LogP contribution in [0.2, 0.25) is 0 Å². The average Bonchev–Trinajstić information content (AvgIpc) is 3.21. The van der Waals surface area contributed by atoms with E-state index in [0.717, 1.165) is 11.5 Å². The summed E-state index contributed by atoms with van der Waals surface area (Å²) in [5.41, 5.74) is 0.731. The van der Waals surface area contributed by atoms with Crippen molar-refractivity contribution in [2.24, 2.45) is 7.05 Å². The molecule has 1 aliphatic rings. The van der Waals surface area contributed by atoms with E-state index < -0.39 is 53.9 Å². The maximum Gasteiger partial charge on any atom is 0.511 e. The number of carbonyl (C=O) groups is 3. The molecule has 0 saturated carbocycles. The monoisotopic (exact) mass is 824 g/mol. The van der Waals surface area contributed by atoms with Gasteiger partial charge in [-0.15, -0.1) is 0 Å². The minimum absolute atomic E-state index is 0.0269. The van der Waals surface area contributed by atoms with Crippen LogP contribution < -0.4 is 21.5 Å². The topological polar surface area (TPSA) is 173 Å². The number of rotatable bonds is 10. The molecule has 1 aliphatic heterocycles. The molecule has 1 unspecified atom stereocenters. The van der Waals surface area contributed by atoms with Crippen molar-refractivity contribution < 1.29 is 46.5 Å². The van der Waals surface area contributed by atoms with Gasteiger partial charge in [0.05, 0.1) is 53.7 Å². The zero-order chi connectivity index (χ0) is 43.4. The Morgan fingerprint density at radius 3 is 2.34 bits per heavy atom. The predicted molar refractivity (Wildman–Crippen MR) is 214 cm³/mol. The molecule has 2 atom stereocenters. The van der Waals surface area contributed by atoms with Crippen LogP contribution in [-0.2, 0) is 37.2 Å². The van der Waals surface area contributed by atoms with Gasteiger partial charge in [0.1, 0.15) is 11.9 Å². The number of hydrogen-bond donors (Lipinski definition) is 1. The Labute approximate surface area is 337 Å². The maximum absolute atomic E-state index is 15.7. The number of aryl methyl sites for hydroxylation is 2. The number of anilines is 1. The number of halogens is 3. The first-order valence-electron chi connectivity index (χ1n) is 18.9. The van der Waals surface area contributed by atoms with Gasteiger partial charge in [-0.3, -0.25) is 24.1 Å². The van der Waals surface area contributed by atoms with Gasteiger partial charge >= 0.3 is 17.8 Å². The fourth-order valence-corrected chi connectivity index (χ4v) is 6.30. The molecule has 0 radical (unpaired) electrons. The van der Waals surface area contributed by atoms with Crippen LogP contribution in [0.25, 0.3) is 27.5 Å². The summed E-state index contributed by atoms with van der Waals surface area (Å²) in [4.78, 5) is 77.0. The van der Waals surface area contributed by atoms with Crippen LogP contribution in [0.5, 0.6) is 0 Å². The van der Waals surface area contributed by atoms with E-state index in [1.165, 1.54) is 55.3 Å². The van der Waals surface area contributed by atoms with Crippen LogP contribution in [0, 0.1) is 12.7 Å². The Hall–Kier alpha value is -6.30. The summed E-state index contributed by atoms with van der Waals surface area (Å²) >= 11 is 0. The quantitative estimate of drug-likeness (QED) is 0.136. The molecule has 316 valence electrons. The fraction of sp³-hybridized carbons (Fsp3) is 0.390. The van der Waals surface area contributed by atoms with Crippen molar-refractivity contribution in [3.05, 3.63) is 104 Å². The number of carbonyl (C=O) groups excluding carboxylic acids is 3. The summed E-state index contributed by atoms with van der Waals surface area (Å²) in [7, 11) is 1.53.